The number of ether oxygens (including phenoxy) is 1. The van der Waals surface area contributed by atoms with Crippen molar-refractivity contribution < 1.29 is 14.6 Å². The lowest BCUT2D eigenvalue weighted by atomic mass is 9.72. The van der Waals surface area contributed by atoms with Crippen LogP contribution in [-0.4, -0.2) is 43.9 Å². The minimum atomic E-state index is -0.874. The molecule has 3 rings (SSSR count). The van der Waals surface area contributed by atoms with Crippen LogP contribution >= 0.6 is 0 Å². The van der Waals surface area contributed by atoms with E-state index in [1.807, 2.05) is 12.1 Å². The molecule has 0 amide bonds. The van der Waals surface area contributed by atoms with Crippen molar-refractivity contribution in [2.75, 3.05) is 37.7 Å². The second-order valence-corrected chi connectivity index (χ2v) is 11.9. The highest BCUT2D eigenvalue weighted by Crippen LogP contribution is 2.40. The summed E-state index contributed by atoms with van der Waals surface area (Å²) < 4.78 is 5.54. The van der Waals surface area contributed by atoms with E-state index in [0.29, 0.717) is 5.56 Å². The largest absolute Gasteiger partial charge is 0.478 e. The van der Waals surface area contributed by atoms with E-state index in [-0.39, 0.29) is 11.5 Å². The summed E-state index contributed by atoms with van der Waals surface area (Å²) in [6.07, 6.45) is 15.4. The third kappa shape index (κ3) is 10.2. The molecule has 2 unspecified atom stereocenters. The zero-order chi connectivity index (χ0) is 28.6. The van der Waals surface area contributed by atoms with E-state index in [0.717, 1.165) is 45.7 Å². The number of nitrogens with zero attached hydrogens (tertiary/aromatic N) is 1. The summed E-state index contributed by atoms with van der Waals surface area (Å²) in [5, 5.41) is 13.3. The molecule has 1 aliphatic rings. The molecule has 2 aromatic rings. The van der Waals surface area contributed by atoms with Gasteiger partial charge in [-0.25, -0.2) is 4.79 Å². The van der Waals surface area contributed by atoms with Crippen LogP contribution in [-0.2, 0) is 11.2 Å². The van der Waals surface area contributed by atoms with E-state index in [1.165, 1.54) is 81.0 Å². The molecule has 0 radical (unpaired) electrons. The van der Waals surface area contributed by atoms with Gasteiger partial charge in [-0.3, -0.25) is 0 Å². The highest BCUT2D eigenvalue weighted by atomic mass is 16.5. The summed E-state index contributed by atoms with van der Waals surface area (Å²) in [5.74, 6) is -0.874. The van der Waals surface area contributed by atoms with Gasteiger partial charge in [0.15, 0.2) is 0 Å². The molecule has 0 aliphatic carbocycles. The van der Waals surface area contributed by atoms with Gasteiger partial charge in [0.2, 0.25) is 0 Å². The van der Waals surface area contributed by atoms with Gasteiger partial charge in [0.05, 0.1) is 18.8 Å². The van der Waals surface area contributed by atoms with Gasteiger partial charge in [-0.05, 0) is 66.6 Å². The number of nitrogens with one attached hydrogen (secondary N) is 1. The molecule has 2 aromatic carbocycles. The van der Waals surface area contributed by atoms with Crippen LogP contribution in [0.1, 0.15) is 119 Å². The molecule has 222 valence electrons. The number of aromatic carboxylic acids is 1. The molecular formula is C35H54N2O3. The second-order valence-electron chi connectivity index (χ2n) is 11.9. The van der Waals surface area contributed by atoms with Gasteiger partial charge < -0.3 is 20.1 Å². The van der Waals surface area contributed by atoms with E-state index in [4.69, 9.17) is 4.74 Å². The molecule has 1 fully saturated rings. The standard InChI is InChI=1S/C35H54N2O3/c1-4-6-7-8-9-10-11-12-13-14-23-36-33(30-19-21-32(22-20-30)37-24-26-40-27-25-37)35(3,5-2)28-29-15-17-31(18-16-29)34(38)39/h15-22,33,36H,4-14,23-28H2,1-3H3,(H,38,39). The van der Waals surface area contributed by atoms with Crippen molar-refractivity contribution in [1.29, 1.82) is 0 Å². The van der Waals surface area contributed by atoms with E-state index < -0.39 is 5.97 Å². The van der Waals surface area contributed by atoms with Crippen LogP contribution < -0.4 is 10.2 Å². The number of carboxylic acid groups (broad SMARTS) is 1. The lowest BCUT2D eigenvalue weighted by Crippen LogP contribution is -2.38. The Morgan fingerprint density at radius 3 is 2.00 bits per heavy atom. The number of carbonyl (C=O) groups is 1. The zero-order valence-corrected chi connectivity index (χ0v) is 25.4. The number of anilines is 1. The lowest BCUT2D eigenvalue weighted by molar-refractivity contribution is 0.0697. The fourth-order valence-corrected chi connectivity index (χ4v) is 5.99. The molecule has 0 bridgehead atoms. The molecular weight excluding hydrogens is 496 g/mol. The van der Waals surface area contributed by atoms with Gasteiger partial charge in [-0.2, -0.15) is 0 Å². The molecule has 1 saturated heterocycles. The van der Waals surface area contributed by atoms with Crippen molar-refractivity contribution in [2.24, 2.45) is 5.41 Å². The summed E-state index contributed by atoms with van der Waals surface area (Å²) in [7, 11) is 0. The van der Waals surface area contributed by atoms with Gasteiger partial charge in [0.1, 0.15) is 0 Å². The highest BCUT2D eigenvalue weighted by molar-refractivity contribution is 5.87. The second kappa shape index (κ2) is 17.4. The Morgan fingerprint density at radius 1 is 0.875 bits per heavy atom. The summed E-state index contributed by atoms with van der Waals surface area (Å²) >= 11 is 0. The normalized spacial score (nSPS) is 16.0. The molecule has 1 aliphatic heterocycles. The smallest absolute Gasteiger partial charge is 0.335 e. The maximum Gasteiger partial charge on any atom is 0.335 e. The number of hydrogen-bond donors (Lipinski definition) is 2. The highest BCUT2D eigenvalue weighted by Gasteiger charge is 2.34. The molecule has 40 heavy (non-hydrogen) atoms. The molecule has 5 heteroatoms. The first kappa shape index (κ1) is 32.1. The number of hydrogen-bond acceptors (Lipinski definition) is 4. The van der Waals surface area contributed by atoms with Gasteiger partial charge in [0, 0.05) is 24.8 Å². The Balaban J connectivity index is 1.63. The number of unbranched alkanes of at least 4 members (excludes halogenated alkanes) is 9. The summed E-state index contributed by atoms with van der Waals surface area (Å²) in [4.78, 5) is 13.8. The molecule has 0 aromatic heterocycles. The number of carboxylic acids is 1. The minimum Gasteiger partial charge on any atom is -0.478 e. The average Bonchev–Trinajstić information content (AvgIpc) is 2.98. The van der Waals surface area contributed by atoms with Crippen molar-refractivity contribution in [3.8, 4) is 0 Å². The van der Waals surface area contributed by atoms with Gasteiger partial charge in [0.25, 0.3) is 0 Å². The first-order valence-corrected chi connectivity index (χ1v) is 15.9. The molecule has 5 nitrogen and oxygen atoms in total. The van der Waals surface area contributed by atoms with Crippen molar-refractivity contribution in [3.05, 3.63) is 65.2 Å². The van der Waals surface area contributed by atoms with Crippen molar-refractivity contribution in [2.45, 2.75) is 104 Å². The fourth-order valence-electron chi connectivity index (χ4n) is 5.99. The maximum atomic E-state index is 11.4. The van der Waals surface area contributed by atoms with Crippen LogP contribution in [0.3, 0.4) is 0 Å². The SMILES string of the molecule is CCCCCCCCCCCCNC(c1ccc(N2CCOCC2)cc1)C(C)(CC)Cc1ccc(C(=O)O)cc1. The Labute approximate surface area is 243 Å². The summed E-state index contributed by atoms with van der Waals surface area (Å²) in [5.41, 5.74) is 4.11. The van der Waals surface area contributed by atoms with E-state index >= 15 is 0 Å². The van der Waals surface area contributed by atoms with Crippen molar-refractivity contribution in [1.82, 2.24) is 5.32 Å². The van der Waals surface area contributed by atoms with E-state index in [9.17, 15) is 9.90 Å². The van der Waals surface area contributed by atoms with Gasteiger partial charge in [-0.1, -0.05) is 103 Å². The molecule has 2 atom stereocenters. The van der Waals surface area contributed by atoms with Crippen molar-refractivity contribution >= 4 is 11.7 Å². The predicted molar refractivity (Wildman–Crippen MR) is 168 cm³/mol. The number of rotatable bonds is 19. The van der Waals surface area contributed by atoms with Crippen LogP contribution in [0.4, 0.5) is 5.69 Å². The predicted octanol–water partition coefficient (Wildman–Crippen LogP) is 8.43. The minimum absolute atomic E-state index is 0.0102. The summed E-state index contributed by atoms with van der Waals surface area (Å²) in [6, 6.07) is 16.8. The average molecular weight is 551 g/mol. The van der Waals surface area contributed by atoms with Crippen molar-refractivity contribution in [3.63, 3.8) is 0 Å². The summed E-state index contributed by atoms with van der Waals surface area (Å²) in [6.45, 7) is 11.4. The fraction of sp³-hybridized carbons (Fsp3) is 0.629. The van der Waals surface area contributed by atoms with E-state index in [2.05, 4.69) is 55.3 Å². The quantitative estimate of drug-likeness (QED) is 0.172. The van der Waals surface area contributed by atoms with Crippen LogP contribution in [0.5, 0.6) is 0 Å². The Morgan fingerprint density at radius 2 is 1.45 bits per heavy atom. The molecule has 0 spiro atoms. The van der Waals surface area contributed by atoms with Crippen LogP contribution in [0.2, 0.25) is 0 Å². The number of morpholine rings is 1. The van der Waals surface area contributed by atoms with Crippen LogP contribution in [0.15, 0.2) is 48.5 Å². The molecule has 0 saturated carbocycles. The Kier molecular flexibility index (Phi) is 14.0. The van der Waals surface area contributed by atoms with Gasteiger partial charge >= 0.3 is 5.97 Å². The van der Waals surface area contributed by atoms with Crippen LogP contribution in [0, 0.1) is 5.41 Å². The van der Waals surface area contributed by atoms with E-state index in [1.54, 1.807) is 12.1 Å². The van der Waals surface area contributed by atoms with Gasteiger partial charge in [-0.15, -0.1) is 0 Å². The first-order chi connectivity index (χ1) is 19.5. The molecule has 1 heterocycles. The third-order valence-corrected chi connectivity index (χ3v) is 8.79. The topological polar surface area (TPSA) is 61.8 Å². The van der Waals surface area contributed by atoms with Crippen LogP contribution in [0.25, 0.3) is 0 Å². The zero-order valence-electron chi connectivity index (χ0n) is 25.4. The Hall–Kier alpha value is -2.37. The third-order valence-electron chi connectivity index (χ3n) is 8.79. The monoisotopic (exact) mass is 550 g/mol. The lowest BCUT2D eigenvalue weighted by Gasteiger charge is -2.39. The maximum absolute atomic E-state index is 11.4. The molecule has 2 N–H and O–H groups in total. The Bertz CT molecular complexity index is 969. The number of benzene rings is 2. The first-order valence-electron chi connectivity index (χ1n) is 15.9.